The van der Waals surface area contributed by atoms with Gasteiger partial charge in [0, 0.05) is 24.3 Å². The molecule has 1 fully saturated rings. The van der Waals surface area contributed by atoms with Gasteiger partial charge in [-0.15, -0.1) is 5.10 Å². The lowest BCUT2D eigenvalue weighted by molar-refractivity contribution is 0.102. The summed E-state index contributed by atoms with van der Waals surface area (Å²) in [7, 11) is -3.57. The zero-order valence-electron chi connectivity index (χ0n) is 17.3. The molecule has 0 aliphatic carbocycles. The van der Waals surface area contributed by atoms with Crippen LogP contribution in [0.3, 0.4) is 0 Å². The zero-order valence-corrected chi connectivity index (χ0v) is 18.2. The van der Waals surface area contributed by atoms with E-state index in [1.165, 1.54) is 35.3 Å². The Bertz CT molecular complexity index is 1130. The second-order valence-corrected chi connectivity index (χ2v) is 9.99. The van der Waals surface area contributed by atoms with E-state index in [0.29, 0.717) is 36.2 Å². The Balaban J connectivity index is 1.44. The van der Waals surface area contributed by atoms with Crippen LogP contribution < -0.4 is 5.32 Å². The van der Waals surface area contributed by atoms with Crippen molar-refractivity contribution >= 4 is 21.6 Å². The van der Waals surface area contributed by atoms with Crippen molar-refractivity contribution in [1.29, 1.82) is 0 Å². The maximum absolute atomic E-state index is 13.0. The molecule has 1 N–H and O–H groups in total. The molecular formula is C21H24N6O3S. The van der Waals surface area contributed by atoms with Gasteiger partial charge in [-0.1, -0.05) is 13.8 Å². The first-order valence-electron chi connectivity index (χ1n) is 10.1. The van der Waals surface area contributed by atoms with Gasteiger partial charge in [-0.25, -0.2) is 13.1 Å². The summed E-state index contributed by atoms with van der Waals surface area (Å²) < 4.78 is 29.0. The minimum Gasteiger partial charge on any atom is -0.322 e. The molecule has 0 saturated carbocycles. The van der Waals surface area contributed by atoms with Crippen molar-refractivity contribution in [2.75, 3.05) is 18.4 Å². The molecule has 1 saturated heterocycles. The number of tetrazole rings is 1. The topological polar surface area (TPSA) is 110 Å². The Morgan fingerprint density at radius 2 is 1.65 bits per heavy atom. The Kier molecular flexibility index (Phi) is 5.84. The first kappa shape index (κ1) is 21.1. The van der Waals surface area contributed by atoms with Crippen molar-refractivity contribution in [2.45, 2.75) is 25.2 Å². The van der Waals surface area contributed by atoms with Gasteiger partial charge in [0.2, 0.25) is 10.0 Å². The number of nitrogens with zero attached hydrogens (tertiary/aromatic N) is 5. The van der Waals surface area contributed by atoms with Crippen molar-refractivity contribution < 1.29 is 13.2 Å². The number of aromatic nitrogens is 4. The van der Waals surface area contributed by atoms with Crippen molar-refractivity contribution in [2.24, 2.45) is 11.8 Å². The quantitative estimate of drug-likeness (QED) is 0.653. The lowest BCUT2D eigenvalue weighted by Gasteiger charge is -2.34. The highest BCUT2D eigenvalue weighted by Crippen LogP contribution is 2.27. The van der Waals surface area contributed by atoms with Crippen molar-refractivity contribution in [1.82, 2.24) is 24.5 Å². The number of rotatable bonds is 5. The third kappa shape index (κ3) is 4.64. The number of piperidine rings is 1. The van der Waals surface area contributed by atoms with Gasteiger partial charge in [-0.3, -0.25) is 4.79 Å². The standard InChI is InChI=1S/C21H24N6O3S/c1-15-11-16(2)13-26(12-15)31(29,30)20-9-3-17(4-10-20)21(28)23-18-5-7-19(8-6-18)27-14-22-24-25-27/h3-10,14-16H,11-13H2,1-2H3,(H,23,28). The molecule has 2 aromatic carbocycles. The molecule has 1 aliphatic heterocycles. The van der Waals surface area contributed by atoms with Gasteiger partial charge >= 0.3 is 0 Å². The summed E-state index contributed by atoms with van der Waals surface area (Å²) in [4.78, 5) is 12.8. The summed E-state index contributed by atoms with van der Waals surface area (Å²) in [6.07, 6.45) is 2.51. The molecule has 4 rings (SSSR count). The number of hydrogen-bond donors (Lipinski definition) is 1. The van der Waals surface area contributed by atoms with Gasteiger partial charge in [0.1, 0.15) is 6.33 Å². The Morgan fingerprint density at radius 1 is 1.00 bits per heavy atom. The van der Waals surface area contributed by atoms with Gasteiger partial charge in [0.05, 0.1) is 10.6 Å². The number of anilines is 1. The first-order chi connectivity index (χ1) is 14.8. The van der Waals surface area contributed by atoms with Gasteiger partial charge < -0.3 is 5.32 Å². The maximum atomic E-state index is 13.0. The molecular weight excluding hydrogens is 416 g/mol. The summed E-state index contributed by atoms with van der Waals surface area (Å²) in [6, 6.07) is 13.1. The Morgan fingerprint density at radius 3 is 2.23 bits per heavy atom. The average Bonchev–Trinajstić information content (AvgIpc) is 3.28. The number of carbonyl (C=O) groups excluding carboxylic acids is 1. The molecule has 0 spiro atoms. The van der Waals surface area contributed by atoms with Crippen LogP contribution in [-0.4, -0.2) is 51.9 Å². The predicted octanol–water partition coefficient (Wildman–Crippen LogP) is 2.58. The SMILES string of the molecule is CC1CC(C)CN(S(=O)(=O)c2ccc(C(=O)Nc3ccc(-n4cnnn4)cc3)cc2)C1. The normalized spacial score (nSPS) is 19.8. The van der Waals surface area contributed by atoms with Crippen LogP contribution in [0, 0.1) is 11.8 Å². The highest BCUT2D eigenvalue weighted by molar-refractivity contribution is 7.89. The average molecular weight is 441 g/mol. The van der Waals surface area contributed by atoms with Crippen LogP contribution in [-0.2, 0) is 10.0 Å². The summed E-state index contributed by atoms with van der Waals surface area (Å²) >= 11 is 0. The van der Waals surface area contributed by atoms with Gasteiger partial charge in [0.15, 0.2) is 0 Å². The molecule has 1 amide bonds. The highest BCUT2D eigenvalue weighted by atomic mass is 32.2. The van der Waals surface area contributed by atoms with Crippen molar-refractivity contribution in [3.63, 3.8) is 0 Å². The van der Waals surface area contributed by atoms with E-state index in [9.17, 15) is 13.2 Å². The fraction of sp³-hybridized carbons (Fsp3) is 0.333. The van der Waals surface area contributed by atoms with E-state index in [4.69, 9.17) is 0 Å². The maximum Gasteiger partial charge on any atom is 0.255 e. The van der Waals surface area contributed by atoms with E-state index in [1.54, 1.807) is 28.6 Å². The number of sulfonamides is 1. The molecule has 0 bridgehead atoms. The third-order valence-corrected chi connectivity index (χ3v) is 7.17. The van der Waals surface area contributed by atoms with Crippen LogP contribution in [0.1, 0.15) is 30.6 Å². The lowest BCUT2D eigenvalue weighted by atomic mass is 9.94. The number of hydrogen-bond acceptors (Lipinski definition) is 6. The number of nitrogens with one attached hydrogen (secondary N) is 1. The van der Waals surface area contributed by atoms with Crippen LogP contribution in [0.2, 0.25) is 0 Å². The minimum absolute atomic E-state index is 0.205. The molecule has 2 unspecified atom stereocenters. The summed E-state index contributed by atoms with van der Waals surface area (Å²) in [5.74, 6) is 0.339. The molecule has 31 heavy (non-hydrogen) atoms. The minimum atomic E-state index is -3.57. The molecule has 2 heterocycles. The fourth-order valence-electron chi connectivity index (χ4n) is 3.91. The highest BCUT2D eigenvalue weighted by Gasteiger charge is 2.31. The molecule has 1 aromatic heterocycles. The number of amides is 1. The molecule has 9 nitrogen and oxygen atoms in total. The second kappa shape index (κ2) is 8.56. The lowest BCUT2D eigenvalue weighted by Crippen LogP contribution is -2.42. The Hall–Kier alpha value is -3.11. The number of benzene rings is 2. The van der Waals surface area contributed by atoms with E-state index >= 15 is 0 Å². The first-order valence-corrected chi connectivity index (χ1v) is 11.5. The molecule has 0 radical (unpaired) electrons. The van der Waals surface area contributed by atoms with E-state index in [-0.39, 0.29) is 10.8 Å². The van der Waals surface area contributed by atoms with Crippen LogP contribution in [0.5, 0.6) is 0 Å². The van der Waals surface area contributed by atoms with E-state index < -0.39 is 10.0 Å². The fourth-order valence-corrected chi connectivity index (χ4v) is 5.59. The second-order valence-electron chi connectivity index (χ2n) is 8.05. The summed E-state index contributed by atoms with van der Waals surface area (Å²) in [6.45, 7) is 5.19. The largest absolute Gasteiger partial charge is 0.322 e. The Labute approximate surface area is 181 Å². The molecule has 3 aromatic rings. The molecule has 1 aliphatic rings. The monoisotopic (exact) mass is 440 g/mol. The summed E-state index contributed by atoms with van der Waals surface area (Å²) in [5.41, 5.74) is 1.75. The van der Waals surface area contributed by atoms with E-state index in [0.717, 1.165) is 12.1 Å². The van der Waals surface area contributed by atoms with Gasteiger partial charge in [0.25, 0.3) is 5.91 Å². The van der Waals surface area contributed by atoms with Crippen LogP contribution in [0.25, 0.3) is 5.69 Å². The van der Waals surface area contributed by atoms with E-state index in [1.807, 2.05) is 0 Å². The third-order valence-electron chi connectivity index (χ3n) is 5.33. The van der Waals surface area contributed by atoms with Crippen LogP contribution in [0.4, 0.5) is 5.69 Å². The molecule has 162 valence electrons. The van der Waals surface area contributed by atoms with Crippen LogP contribution in [0.15, 0.2) is 59.8 Å². The van der Waals surface area contributed by atoms with Crippen molar-refractivity contribution in [3.8, 4) is 5.69 Å². The zero-order chi connectivity index (χ0) is 22.0. The molecule has 2 atom stereocenters. The number of carbonyl (C=O) groups is 1. The van der Waals surface area contributed by atoms with Gasteiger partial charge in [-0.2, -0.15) is 4.31 Å². The van der Waals surface area contributed by atoms with E-state index in [2.05, 4.69) is 34.7 Å². The van der Waals surface area contributed by atoms with Gasteiger partial charge in [-0.05, 0) is 77.2 Å². The predicted molar refractivity (Wildman–Crippen MR) is 115 cm³/mol. The van der Waals surface area contributed by atoms with Crippen molar-refractivity contribution in [3.05, 3.63) is 60.4 Å². The smallest absolute Gasteiger partial charge is 0.255 e. The summed E-state index contributed by atoms with van der Waals surface area (Å²) in [5, 5.41) is 13.8. The van der Waals surface area contributed by atoms with Crippen LogP contribution >= 0.6 is 0 Å². The molecule has 10 heteroatoms.